The van der Waals surface area contributed by atoms with Gasteiger partial charge in [0, 0.05) is 70.6 Å². The lowest BCUT2D eigenvalue weighted by atomic mass is 9.82. The van der Waals surface area contributed by atoms with Gasteiger partial charge in [0.2, 0.25) is 5.36 Å². The Hall–Kier alpha value is -4.48. The molecule has 11 heteroatoms. The molecule has 5 nitrogen and oxygen atoms in total. The first-order valence-electron chi connectivity index (χ1n) is 14.8. The number of anilines is 1. The molecule has 0 atom stereocenters. The summed E-state index contributed by atoms with van der Waals surface area (Å²) in [6.45, 7) is 8.37. The molecule has 0 aliphatic carbocycles. The van der Waals surface area contributed by atoms with E-state index in [1.54, 1.807) is 24.3 Å². The van der Waals surface area contributed by atoms with Crippen molar-refractivity contribution in [1.82, 2.24) is 4.58 Å². The maximum atomic E-state index is 16.1. The molecule has 0 bridgehead atoms. The lowest BCUT2D eigenvalue weighted by molar-refractivity contribution is 0.0689. The topological polar surface area (TPSA) is 52.8 Å². The second kappa shape index (κ2) is 9.54. The lowest BCUT2D eigenvalue weighted by Gasteiger charge is -2.43. The first-order chi connectivity index (χ1) is 22.2. The Morgan fingerprint density at radius 1 is 0.830 bits per heavy atom. The standard InChI is InChI=1S/C36H26F4N2O3S2/c1-35(2)19-7-9-46-32(19)15-11-17-23(13-21(15)41(35)5)45-24-14-22-16(33-20(8-10-47-33)36(3,4)42(22)6)12-18(24)25(17)26-27(34(43)44)29(38)31(40)30(39)28(26)37/h7-14H,1-6H3/p+1. The maximum absolute atomic E-state index is 16.1. The maximum Gasteiger partial charge on any atom is 0.339 e. The van der Waals surface area contributed by atoms with E-state index >= 15 is 13.2 Å². The van der Waals surface area contributed by atoms with Gasteiger partial charge in [-0.05, 0) is 54.4 Å². The Morgan fingerprint density at radius 3 is 2.15 bits per heavy atom. The summed E-state index contributed by atoms with van der Waals surface area (Å²) in [7, 11) is 3.90. The fraction of sp³-hybridized carbons (Fsp3) is 0.222. The summed E-state index contributed by atoms with van der Waals surface area (Å²) in [6.07, 6.45) is 0. The first-order valence-corrected chi connectivity index (χ1v) is 16.6. The van der Waals surface area contributed by atoms with Gasteiger partial charge in [0.15, 0.2) is 28.8 Å². The van der Waals surface area contributed by atoms with E-state index < -0.39 is 51.4 Å². The SMILES string of the molecule is CN1c2cc3c(cc2-c2sccc2C1(C)C)C(c1c(F)c(F)c(F)c(F)c1C(=O)O)=c1cc2c(cc1O3)=[N+](C)C(C)(C)c1ccsc1-2. The van der Waals surface area contributed by atoms with Gasteiger partial charge in [0.05, 0.1) is 22.0 Å². The van der Waals surface area contributed by atoms with Crippen molar-refractivity contribution < 1.29 is 32.2 Å². The summed E-state index contributed by atoms with van der Waals surface area (Å²) in [5.74, 6) is -9.51. The van der Waals surface area contributed by atoms with Gasteiger partial charge in [0.25, 0.3) is 0 Å². The minimum atomic E-state index is -2.19. The fourth-order valence-corrected chi connectivity index (χ4v) is 9.33. The number of ether oxygens (including phenoxy) is 1. The van der Waals surface area contributed by atoms with Crippen molar-refractivity contribution in [3.05, 3.63) is 109 Å². The van der Waals surface area contributed by atoms with Crippen LogP contribution in [0.2, 0.25) is 0 Å². The van der Waals surface area contributed by atoms with E-state index in [4.69, 9.17) is 4.74 Å². The third-order valence-electron chi connectivity index (χ3n) is 10.2. The lowest BCUT2D eigenvalue weighted by Crippen LogP contribution is -2.46. The van der Waals surface area contributed by atoms with Crippen LogP contribution in [0.25, 0.3) is 26.5 Å². The monoisotopic (exact) mass is 675 g/mol. The number of thiophene rings is 2. The average molecular weight is 676 g/mol. The second-order valence-corrected chi connectivity index (χ2v) is 14.9. The average Bonchev–Trinajstić information content (AvgIpc) is 3.73. The molecule has 5 aromatic rings. The number of nitrogens with zero attached hydrogens (tertiary/aromatic N) is 2. The Kier molecular flexibility index (Phi) is 6.07. The van der Waals surface area contributed by atoms with E-state index in [9.17, 15) is 14.3 Å². The molecule has 0 amide bonds. The Morgan fingerprint density at radius 2 is 1.47 bits per heavy atom. The molecule has 0 saturated carbocycles. The smallest absolute Gasteiger partial charge is 0.339 e. The zero-order chi connectivity index (χ0) is 33.5. The molecule has 3 aliphatic heterocycles. The third kappa shape index (κ3) is 3.75. The zero-order valence-corrected chi connectivity index (χ0v) is 27.7. The van der Waals surface area contributed by atoms with Crippen LogP contribution < -0.4 is 24.8 Å². The molecular weight excluding hydrogens is 649 g/mol. The number of rotatable bonds is 2. The summed E-state index contributed by atoms with van der Waals surface area (Å²) in [5, 5.41) is 15.1. The van der Waals surface area contributed by atoms with Crippen LogP contribution in [0.4, 0.5) is 23.2 Å². The number of fused-ring (bicyclic) bond motifs is 8. The number of halogens is 4. The van der Waals surface area contributed by atoms with E-state index in [1.165, 1.54) is 22.7 Å². The highest BCUT2D eigenvalue weighted by Crippen LogP contribution is 2.53. The van der Waals surface area contributed by atoms with Crippen LogP contribution >= 0.6 is 22.7 Å². The van der Waals surface area contributed by atoms with E-state index in [-0.39, 0.29) is 27.9 Å². The van der Waals surface area contributed by atoms with Crippen LogP contribution in [0.3, 0.4) is 0 Å². The fourth-order valence-electron chi connectivity index (χ4n) is 7.18. The van der Waals surface area contributed by atoms with Crippen molar-refractivity contribution in [1.29, 1.82) is 0 Å². The Balaban J connectivity index is 1.58. The normalized spacial score (nSPS) is 16.4. The summed E-state index contributed by atoms with van der Waals surface area (Å²) in [6, 6.07) is 11.1. The van der Waals surface area contributed by atoms with E-state index in [0.29, 0.717) is 0 Å². The molecule has 1 N–H and O–H groups in total. The van der Waals surface area contributed by atoms with Crippen molar-refractivity contribution in [2.75, 3.05) is 19.0 Å². The molecule has 8 rings (SSSR count). The van der Waals surface area contributed by atoms with Gasteiger partial charge in [0.1, 0.15) is 24.1 Å². The minimum absolute atomic E-state index is 0.101. The molecule has 3 aromatic carbocycles. The number of carboxylic acids is 1. The summed E-state index contributed by atoms with van der Waals surface area (Å²) in [4.78, 5) is 16.5. The molecule has 0 radical (unpaired) electrons. The van der Waals surface area contributed by atoms with Crippen LogP contribution in [0.5, 0.6) is 11.5 Å². The van der Waals surface area contributed by atoms with Crippen LogP contribution in [0, 0.1) is 23.3 Å². The predicted molar refractivity (Wildman–Crippen MR) is 175 cm³/mol. The van der Waals surface area contributed by atoms with Crippen LogP contribution in [0.1, 0.15) is 60.3 Å². The van der Waals surface area contributed by atoms with Crippen LogP contribution in [-0.4, -0.2) is 25.2 Å². The Bertz CT molecular complexity index is 2410. The largest absolute Gasteiger partial charge is 0.478 e. The van der Waals surface area contributed by atoms with Crippen molar-refractivity contribution in [2.24, 2.45) is 0 Å². The Labute approximate surface area is 274 Å². The number of benzene rings is 3. The molecule has 238 valence electrons. The zero-order valence-electron chi connectivity index (χ0n) is 26.1. The molecule has 2 aromatic heterocycles. The van der Waals surface area contributed by atoms with E-state index in [0.717, 1.165) is 43.1 Å². The van der Waals surface area contributed by atoms with Crippen molar-refractivity contribution in [3.8, 4) is 32.4 Å². The summed E-state index contributed by atoms with van der Waals surface area (Å²) in [5.41, 5.74) is 1.60. The molecule has 0 spiro atoms. The third-order valence-corrected chi connectivity index (χ3v) is 12.1. The first kappa shape index (κ1) is 29.9. The summed E-state index contributed by atoms with van der Waals surface area (Å²) < 4.78 is 69.8. The van der Waals surface area contributed by atoms with Gasteiger partial charge in [-0.3, -0.25) is 0 Å². The van der Waals surface area contributed by atoms with Gasteiger partial charge < -0.3 is 14.7 Å². The second-order valence-electron chi connectivity index (χ2n) is 13.1. The highest BCUT2D eigenvalue weighted by Gasteiger charge is 2.42. The molecule has 5 heterocycles. The molecule has 3 aliphatic rings. The van der Waals surface area contributed by atoms with Crippen molar-refractivity contribution >= 4 is 39.9 Å². The van der Waals surface area contributed by atoms with Gasteiger partial charge in [-0.25, -0.2) is 26.9 Å². The van der Waals surface area contributed by atoms with Crippen molar-refractivity contribution in [2.45, 2.75) is 38.8 Å². The molecule has 0 unspecified atom stereocenters. The van der Waals surface area contributed by atoms with Gasteiger partial charge >= 0.3 is 5.97 Å². The van der Waals surface area contributed by atoms with Crippen LogP contribution in [-0.2, 0) is 11.1 Å². The van der Waals surface area contributed by atoms with Crippen LogP contribution in [0.15, 0.2) is 47.2 Å². The number of hydrogen-bond acceptors (Lipinski definition) is 5. The van der Waals surface area contributed by atoms with Gasteiger partial charge in [-0.2, -0.15) is 0 Å². The number of aromatic carboxylic acids is 1. The minimum Gasteiger partial charge on any atom is -0.478 e. The van der Waals surface area contributed by atoms with E-state index in [2.05, 4.69) is 37.2 Å². The predicted octanol–water partition coefficient (Wildman–Crippen LogP) is 7.81. The number of hydrogen-bond donors (Lipinski definition) is 1. The highest BCUT2D eigenvalue weighted by atomic mass is 32.1. The molecule has 0 fully saturated rings. The highest BCUT2D eigenvalue weighted by molar-refractivity contribution is 7.14. The van der Waals surface area contributed by atoms with E-state index in [1.807, 2.05) is 37.0 Å². The van der Waals surface area contributed by atoms with Gasteiger partial charge in [-0.15, -0.1) is 22.7 Å². The summed E-state index contributed by atoms with van der Waals surface area (Å²) >= 11 is 3.03. The van der Waals surface area contributed by atoms with Gasteiger partial charge in [-0.1, -0.05) is 0 Å². The van der Waals surface area contributed by atoms with Crippen molar-refractivity contribution in [3.63, 3.8) is 0 Å². The molecule has 47 heavy (non-hydrogen) atoms. The molecule has 0 saturated heterocycles. The molecular formula is C36H27F4N2O3S2+. The number of carboxylic acid groups (broad SMARTS) is 1. The quantitative estimate of drug-likeness (QED) is 0.0881. The number of carbonyl (C=O) groups is 1.